The second kappa shape index (κ2) is 7.78. The van der Waals surface area contributed by atoms with Gasteiger partial charge < -0.3 is 9.15 Å². The molecule has 9 heteroatoms. The number of nitrogens with zero attached hydrogens (tertiary/aromatic N) is 2. The third kappa shape index (κ3) is 3.77. The van der Waals surface area contributed by atoms with E-state index >= 15 is 0 Å². The molecule has 30 heavy (non-hydrogen) atoms. The molecule has 2 aromatic carbocycles. The van der Waals surface area contributed by atoms with E-state index in [0.29, 0.717) is 16.6 Å². The lowest BCUT2D eigenvalue weighted by Crippen LogP contribution is -2.22. The number of ether oxygens (including phenoxy) is 1. The number of rotatable bonds is 4. The zero-order valence-corrected chi connectivity index (χ0v) is 15.8. The van der Waals surface area contributed by atoms with E-state index in [2.05, 4.69) is 10.3 Å². The summed E-state index contributed by atoms with van der Waals surface area (Å²) >= 11 is 0. The van der Waals surface area contributed by atoms with E-state index in [-0.39, 0.29) is 35.2 Å². The van der Waals surface area contributed by atoms with Crippen LogP contribution in [0.5, 0.6) is 0 Å². The van der Waals surface area contributed by atoms with E-state index < -0.39 is 17.5 Å². The summed E-state index contributed by atoms with van der Waals surface area (Å²) in [6.45, 7) is 1.97. The van der Waals surface area contributed by atoms with Gasteiger partial charge in [-0.3, -0.25) is 14.7 Å². The van der Waals surface area contributed by atoms with Crippen molar-refractivity contribution in [3.63, 3.8) is 0 Å². The van der Waals surface area contributed by atoms with E-state index in [0.717, 1.165) is 0 Å². The Hall–Kier alpha value is -4.01. The van der Waals surface area contributed by atoms with Gasteiger partial charge in [-0.25, -0.2) is 19.0 Å². The average molecular weight is 409 g/mol. The van der Waals surface area contributed by atoms with Crippen LogP contribution in [0.15, 0.2) is 62.8 Å². The van der Waals surface area contributed by atoms with Crippen LogP contribution in [0.25, 0.3) is 21.9 Å². The Morgan fingerprint density at radius 2 is 1.97 bits per heavy atom. The molecule has 0 fully saturated rings. The summed E-state index contributed by atoms with van der Waals surface area (Å²) in [7, 11) is 0. The Morgan fingerprint density at radius 3 is 2.77 bits per heavy atom. The van der Waals surface area contributed by atoms with Crippen molar-refractivity contribution >= 4 is 33.7 Å². The molecule has 0 bridgehead atoms. The Balaban J connectivity index is 1.74. The fraction of sp³-hybridized carbons (Fsp3) is 0.143. The van der Waals surface area contributed by atoms with Gasteiger partial charge in [0.15, 0.2) is 0 Å². The smallest absolute Gasteiger partial charge is 0.411 e. The lowest BCUT2D eigenvalue weighted by atomic mass is 10.1. The van der Waals surface area contributed by atoms with E-state index in [4.69, 9.17) is 9.15 Å². The van der Waals surface area contributed by atoms with Gasteiger partial charge in [0.2, 0.25) is 0 Å². The van der Waals surface area contributed by atoms with Crippen LogP contribution < -0.4 is 16.5 Å². The van der Waals surface area contributed by atoms with Crippen molar-refractivity contribution in [1.29, 1.82) is 0 Å². The van der Waals surface area contributed by atoms with E-state index in [1.165, 1.54) is 41.2 Å². The number of halogens is 1. The van der Waals surface area contributed by atoms with E-state index in [1.54, 1.807) is 19.1 Å². The van der Waals surface area contributed by atoms with Crippen LogP contribution in [-0.2, 0) is 11.3 Å². The van der Waals surface area contributed by atoms with Crippen molar-refractivity contribution in [2.24, 2.45) is 0 Å². The summed E-state index contributed by atoms with van der Waals surface area (Å²) in [5, 5.41) is 3.40. The average Bonchev–Trinajstić information content (AvgIpc) is 2.69. The Labute approximate surface area is 168 Å². The van der Waals surface area contributed by atoms with Crippen molar-refractivity contribution < 1.29 is 18.3 Å². The Kier molecular flexibility index (Phi) is 5.01. The van der Waals surface area contributed by atoms with Crippen molar-refractivity contribution in [3.8, 4) is 0 Å². The lowest BCUT2D eigenvalue weighted by Gasteiger charge is -2.10. The highest BCUT2D eigenvalue weighted by molar-refractivity contribution is 5.90. The molecule has 0 aliphatic heterocycles. The molecule has 0 saturated heterocycles. The predicted octanol–water partition coefficient (Wildman–Crippen LogP) is 3.26. The van der Waals surface area contributed by atoms with Crippen LogP contribution >= 0.6 is 0 Å². The first-order chi connectivity index (χ1) is 14.4. The first kappa shape index (κ1) is 19.3. The zero-order valence-electron chi connectivity index (χ0n) is 15.8. The van der Waals surface area contributed by atoms with Gasteiger partial charge in [0.1, 0.15) is 11.4 Å². The van der Waals surface area contributed by atoms with E-state index in [1.807, 2.05) is 0 Å². The summed E-state index contributed by atoms with van der Waals surface area (Å²) in [5.41, 5.74) is 0.470. The quantitative estimate of drug-likeness (QED) is 0.519. The number of benzene rings is 2. The molecular formula is C21H16FN3O5. The van der Waals surface area contributed by atoms with Crippen LogP contribution in [0.3, 0.4) is 0 Å². The highest BCUT2D eigenvalue weighted by Gasteiger charge is 2.11. The number of carbonyl (C=O) groups excluding carboxylic acids is 1. The molecule has 2 heterocycles. The van der Waals surface area contributed by atoms with Gasteiger partial charge in [-0.2, -0.15) is 0 Å². The van der Waals surface area contributed by atoms with Crippen LogP contribution in [0.1, 0.15) is 12.5 Å². The van der Waals surface area contributed by atoms with Gasteiger partial charge in [0, 0.05) is 29.3 Å². The van der Waals surface area contributed by atoms with Crippen molar-refractivity contribution in [2.45, 2.75) is 13.5 Å². The molecule has 2 aromatic heterocycles. The number of anilines is 1. The minimum absolute atomic E-state index is 0.0614. The molecule has 0 radical (unpaired) electrons. The van der Waals surface area contributed by atoms with Crippen LogP contribution in [-0.4, -0.2) is 22.3 Å². The standard InChI is InChI=1S/C21H16FN3O5/c1-2-29-21(28)24-14-4-6-15-12(7-19(26)30-18(15)9-14)10-25-11-23-17-8-13(22)3-5-16(17)20(25)27/h3-9,11H,2,10H2,1H3,(H,24,28). The second-order valence-corrected chi connectivity index (χ2v) is 6.49. The maximum absolute atomic E-state index is 13.4. The normalized spacial score (nSPS) is 11.0. The molecule has 4 aromatic rings. The second-order valence-electron chi connectivity index (χ2n) is 6.49. The molecule has 0 saturated carbocycles. The lowest BCUT2D eigenvalue weighted by molar-refractivity contribution is 0.168. The summed E-state index contributed by atoms with van der Waals surface area (Å²) in [5.74, 6) is -0.481. The number of hydrogen-bond donors (Lipinski definition) is 1. The molecule has 0 atom stereocenters. The molecular weight excluding hydrogens is 393 g/mol. The summed E-state index contributed by atoms with van der Waals surface area (Å²) in [6, 6.07) is 9.85. The highest BCUT2D eigenvalue weighted by atomic mass is 19.1. The van der Waals surface area contributed by atoms with Crippen LogP contribution in [0, 0.1) is 5.82 Å². The van der Waals surface area contributed by atoms with Gasteiger partial charge in [0.25, 0.3) is 5.56 Å². The molecule has 152 valence electrons. The maximum atomic E-state index is 13.4. The molecule has 1 amide bonds. The van der Waals surface area contributed by atoms with Gasteiger partial charge in [0.05, 0.1) is 30.4 Å². The molecule has 4 rings (SSSR count). The first-order valence-corrected chi connectivity index (χ1v) is 9.10. The number of amides is 1. The van der Waals surface area contributed by atoms with Crippen molar-refractivity contribution in [1.82, 2.24) is 9.55 Å². The Morgan fingerprint density at radius 1 is 1.17 bits per heavy atom. The Bertz CT molecular complexity index is 1390. The minimum Gasteiger partial charge on any atom is -0.450 e. The van der Waals surface area contributed by atoms with Crippen molar-refractivity contribution in [3.05, 3.63) is 80.9 Å². The van der Waals surface area contributed by atoms with Crippen LogP contribution in [0.4, 0.5) is 14.9 Å². The van der Waals surface area contributed by atoms with Gasteiger partial charge in [-0.1, -0.05) is 0 Å². The molecule has 1 N–H and O–H groups in total. The third-order valence-corrected chi connectivity index (χ3v) is 4.48. The topological polar surface area (TPSA) is 103 Å². The van der Waals surface area contributed by atoms with Crippen molar-refractivity contribution in [2.75, 3.05) is 11.9 Å². The minimum atomic E-state index is -0.624. The third-order valence-electron chi connectivity index (χ3n) is 4.48. The summed E-state index contributed by atoms with van der Waals surface area (Å²) in [4.78, 5) is 40.5. The van der Waals surface area contributed by atoms with Gasteiger partial charge in [-0.05, 0) is 36.8 Å². The number of fused-ring (bicyclic) bond motifs is 2. The molecule has 0 aliphatic carbocycles. The monoisotopic (exact) mass is 409 g/mol. The number of aromatic nitrogens is 2. The maximum Gasteiger partial charge on any atom is 0.411 e. The highest BCUT2D eigenvalue weighted by Crippen LogP contribution is 2.22. The fourth-order valence-electron chi connectivity index (χ4n) is 3.15. The van der Waals surface area contributed by atoms with E-state index in [9.17, 15) is 18.8 Å². The molecule has 0 aliphatic rings. The number of carbonyl (C=O) groups is 1. The molecule has 8 nitrogen and oxygen atoms in total. The molecule has 0 unspecified atom stereocenters. The SMILES string of the molecule is CCOC(=O)Nc1ccc2c(Cn3cnc4cc(F)ccc4c3=O)cc(=O)oc2c1. The van der Waals surface area contributed by atoms with Gasteiger partial charge >= 0.3 is 11.7 Å². The first-order valence-electron chi connectivity index (χ1n) is 9.10. The predicted molar refractivity (Wildman–Crippen MR) is 108 cm³/mol. The summed E-state index contributed by atoms with van der Waals surface area (Å²) in [6.07, 6.45) is 0.682. The summed E-state index contributed by atoms with van der Waals surface area (Å²) < 4.78 is 24.8. The fourth-order valence-corrected chi connectivity index (χ4v) is 3.15. The zero-order chi connectivity index (χ0) is 21.3. The molecule has 0 spiro atoms. The largest absolute Gasteiger partial charge is 0.450 e. The van der Waals surface area contributed by atoms with Gasteiger partial charge in [-0.15, -0.1) is 0 Å². The number of hydrogen-bond acceptors (Lipinski definition) is 6. The van der Waals surface area contributed by atoms with Crippen LogP contribution in [0.2, 0.25) is 0 Å². The number of nitrogens with one attached hydrogen (secondary N) is 1.